The van der Waals surface area contributed by atoms with Crippen LogP contribution in [0.1, 0.15) is 40.0 Å². The van der Waals surface area contributed by atoms with Gasteiger partial charge in [0, 0.05) is 12.0 Å². The highest BCUT2D eigenvalue weighted by Gasteiger charge is 2.53. The quantitative estimate of drug-likeness (QED) is 0.719. The maximum Gasteiger partial charge on any atom is 0.261 e. The van der Waals surface area contributed by atoms with Crippen LogP contribution in [0.25, 0.3) is 0 Å². The van der Waals surface area contributed by atoms with E-state index in [2.05, 4.69) is 69.3 Å². The molecule has 1 saturated carbocycles. The molecular formula is C23H27NO2Si. The Labute approximate surface area is 163 Å². The summed E-state index contributed by atoms with van der Waals surface area (Å²) in [7, 11) is -2.54. The van der Waals surface area contributed by atoms with E-state index in [1.807, 2.05) is 18.2 Å². The molecule has 0 saturated heterocycles. The summed E-state index contributed by atoms with van der Waals surface area (Å²) in [6, 6.07) is 23.1. The molecular weight excluding hydrogens is 350 g/mol. The zero-order valence-electron chi connectivity index (χ0n) is 16.3. The molecule has 3 nitrogen and oxygen atoms in total. The molecule has 3 rings (SSSR count). The standard InChI is InChI=1S/C23H27NO2Si/c1-23(2,3)27(20-10-6-4-7-11-20,21-12-8-5-9-13-21)26-19-16-18(17-19)22(25)14-15-24/h4-13,18-19H,14,16-17H2,1-3H3. The van der Waals surface area contributed by atoms with E-state index in [1.54, 1.807) is 0 Å². The lowest BCUT2D eigenvalue weighted by molar-refractivity contribution is -0.127. The Morgan fingerprint density at radius 2 is 1.52 bits per heavy atom. The first kappa shape index (κ1) is 19.5. The second kappa shape index (κ2) is 7.80. The van der Waals surface area contributed by atoms with Gasteiger partial charge in [0.2, 0.25) is 0 Å². The van der Waals surface area contributed by atoms with Gasteiger partial charge in [0.15, 0.2) is 0 Å². The van der Waals surface area contributed by atoms with Crippen LogP contribution in [0.5, 0.6) is 0 Å². The number of carbonyl (C=O) groups excluding carboxylic acids is 1. The Morgan fingerprint density at radius 1 is 1.04 bits per heavy atom. The first-order valence-electron chi connectivity index (χ1n) is 9.57. The van der Waals surface area contributed by atoms with Crippen molar-refractivity contribution in [3.8, 4) is 6.07 Å². The van der Waals surface area contributed by atoms with Crippen molar-refractivity contribution in [3.63, 3.8) is 0 Å². The zero-order chi connectivity index (χ0) is 19.5. The third kappa shape index (κ3) is 3.76. The number of carbonyl (C=O) groups is 1. The van der Waals surface area contributed by atoms with Crippen molar-refractivity contribution >= 4 is 24.5 Å². The summed E-state index contributed by atoms with van der Waals surface area (Å²) in [5.74, 6) is 0.0349. The minimum Gasteiger partial charge on any atom is -0.404 e. The fraction of sp³-hybridized carbons (Fsp3) is 0.391. The van der Waals surface area contributed by atoms with E-state index in [1.165, 1.54) is 10.4 Å². The van der Waals surface area contributed by atoms with Gasteiger partial charge in [-0.2, -0.15) is 5.26 Å². The molecule has 1 aliphatic rings. The molecule has 0 unspecified atom stereocenters. The largest absolute Gasteiger partial charge is 0.404 e. The minimum absolute atomic E-state index is 0.0105. The lowest BCUT2D eigenvalue weighted by atomic mass is 9.79. The number of Topliss-reactive ketones (excluding diaryl/α,β-unsaturated/α-hetero) is 1. The highest BCUT2D eigenvalue weighted by molar-refractivity contribution is 6.99. The van der Waals surface area contributed by atoms with Crippen LogP contribution in [0, 0.1) is 17.2 Å². The average Bonchev–Trinajstić information content (AvgIpc) is 2.61. The molecule has 0 N–H and O–H groups in total. The van der Waals surface area contributed by atoms with E-state index in [4.69, 9.17) is 9.69 Å². The van der Waals surface area contributed by atoms with Crippen LogP contribution in [0.15, 0.2) is 60.7 Å². The van der Waals surface area contributed by atoms with Crippen LogP contribution < -0.4 is 10.4 Å². The molecule has 0 spiro atoms. The van der Waals surface area contributed by atoms with Crippen molar-refractivity contribution in [2.24, 2.45) is 5.92 Å². The van der Waals surface area contributed by atoms with Crippen LogP contribution in [-0.2, 0) is 9.22 Å². The van der Waals surface area contributed by atoms with Gasteiger partial charge in [0.1, 0.15) is 5.78 Å². The Balaban J connectivity index is 1.97. The van der Waals surface area contributed by atoms with Gasteiger partial charge in [-0.1, -0.05) is 81.4 Å². The summed E-state index contributed by atoms with van der Waals surface area (Å²) < 4.78 is 6.97. The van der Waals surface area contributed by atoms with Gasteiger partial charge >= 0.3 is 0 Å². The topological polar surface area (TPSA) is 50.1 Å². The molecule has 1 fully saturated rings. The van der Waals surface area contributed by atoms with Crippen molar-refractivity contribution in [1.29, 1.82) is 5.26 Å². The van der Waals surface area contributed by atoms with Crippen LogP contribution >= 0.6 is 0 Å². The van der Waals surface area contributed by atoms with E-state index in [-0.39, 0.29) is 29.3 Å². The van der Waals surface area contributed by atoms with E-state index in [0.29, 0.717) is 0 Å². The second-order valence-corrected chi connectivity index (χ2v) is 12.6. The SMILES string of the molecule is CC(C)(C)[Si](OC1CC(C(=O)CC#N)C1)(c1ccccc1)c1ccccc1. The number of nitriles is 1. The number of hydrogen-bond acceptors (Lipinski definition) is 3. The number of ketones is 1. The maximum atomic E-state index is 12.0. The summed E-state index contributed by atoms with van der Waals surface area (Å²) in [6.45, 7) is 6.78. The molecule has 0 amide bonds. The van der Waals surface area contributed by atoms with Crippen molar-refractivity contribution in [3.05, 3.63) is 60.7 Å². The second-order valence-electron chi connectivity index (χ2n) is 8.37. The van der Waals surface area contributed by atoms with Gasteiger partial charge in [0.25, 0.3) is 8.32 Å². The molecule has 0 radical (unpaired) electrons. The van der Waals surface area contributed by atoms with Crippen molar-refractivity contribution < 1.29 is 9.22 Å². The maximum absolute atomic E-state index is 12.0. The first-order chi connectivity index (χ1) is 12.9. The number of rotatable bonds is 6. The minimum atomic E-state index is -2.54. The first-order valence-corrected chi connectivity index (χ1v) is 11.5. The fourth-order valence-corrected chi connectivity index (χ4v) is 8.80. The summed E-state index contributed by atoms with van der Waals surface area (Å²) in [4.78, 5) is 12.0. The van der Waals surface area contributed by atoms with Gasteiger partial charge < -0.3 is 4.43 Å². The van der Waals surface area contributed by atoms with E-state index in [0.717, 1.165) is 12.8 Å². The van der Waals surface area contributed by atoms with Gasteiger partial charge in [0.05, 0.1) is 12.5 Å². The third-order valence-electron chi connectivity index (χ3n) is 5.56. The molecule has 2 aromatic carbocycles. The highest BCUT2D eigenvalue weighted by Crippen LogP contribution is 2.41. The Hall–Kier alpha value is -2.22. The van der Waals surface area contributed by atoms with Crippen molar-refractivity contribution in [2.45, 2.75) is 51.2 Å². The molecule has 0 aliphatic heterocycles. The smallest absolute Gasteiger partial charge is 0.261 e. The monoisotopic (exact) mass is 377 g/mol. The lowest BCUT2D eigenvalue weighted by Gasteiger charge is -2.48. The third-order valence-corrected chi connectivity index (χ3v) is 10.7. The molecule has 27 heavy (non-hydrogen) atoms. The number of nitrogens with zero attached hydrogens (tertiary/aromatic N) is 1. The molecule has 0 heterocycles. The summed E-state index contributed by atoms with van der Waals surface area (Å²) in [5.41, 5.74) is 0. The Morgan fingerprint density at radius 3 is 1.93 bits per heavy atom. The fourth-order valence-electron chi connectivity index (χ4n) is 4.09. The highest BCUT2D eigenvalue weighted by atomic mass is 28.4. The van der Waals surface area contributed by atoms with Gasteiger partial charge in [-0.3, -0.25) is 4.79 Å². The predicted octanol–water partition coefficient (Wildman–Crippen LogP) is 3.82. The number of hydrogen-bond donors (Lipinski definition) is 0. The predicted molar refractivity (Wildman–Crippen MR) is 110 cm³/mol. The summed E-state index contributed by atoms with van der Waals surface area (Å²) in [5, 5.41) is 11.2. The molecule has 2 aromatic rings. The van der Waals surface area contributed by atoms with E-state index >= 15 is 0 Å². The van der Waals surface area contributed by atoms with Gasteiger partial charge in [-0.15, -0.1) is 0 Å². The number of benzene rings is 2. The van der Waals surface area contributed by atoms with Gasteiger partial charge in [-0.25, -0.2) is 0 Å². The van der Waals surface area contributed by atoms with Crippen LogP contribution in [0.2, 0.25) is 5.04 Å². The summed E-state index contributed by atoms with van der Waals surface area (Å²) in [6.07, 6.45) is 1.54. The van der Waals surface area contributed by atoms with Crippen LogP contribution in [0.4, 0.5) is 0 Å². The molecule has 0 bridgehead atoms. The summed E-state index contributed by atoms with van der Waals surface area (Å²) >= 11 is 0. The zero-order valence-corrected chi connectivity index (χ0v) is 17.3. The molecule has 140 valence electrons. The van der Waals surface area contributed by atoms with Crippen molar-refractivity contribution in [1.82, 2.24) is 0 Å². The normalized spacial score (nSPS) is 19.8. The Bertz CT molecular complexity index is 775. The average molecular weight is 378 g/mol. The van der Waals surface area contributed by atoms with E-state index in [9.17, 15) is 4.79 Å². The molecule has 1 aliphatic carbocycles. The Kier molecular flexibility index (Phi) is 5.64. The molecule has 4 heteroatoms. The lowest BCUT2D eigenvalue weighted by Crippen LogP contribution is -2.68. The van der Waals surface area contributed by atoms with Gasteiger partial charge in [-0.05, 0) is 28.3 Å². The van der Waals surface area contributed by atoms with Crippen LogP contribution in [-0.4, -0.2) is 20.2 Å². The van der Waals surface area contributed by atoms with Crippen molar-refractivity contribution in [2.75, 3.05) is 0 Å². The molecule has 0 aromatic heterocycles. The molecule has 0 atom stereocenters. The van der Waals surface area contributed by atoms with Crippen LogP contribution in [0.3, 0.4) is 0 Å². The van der Waals surface area contributed by atoms with E-state index < -0.39 is 8.32 Å².